The smallest absolute Gasteiger partial charge is 0.0950 e. The number of para-hydroxylation sites is 2. The first-order valence-electron chi connectivity index (χ1n) is 7.42. The fraction of sp³-hybridized carbons (Fsp3) is 0.105. The largest absolute Gasteiger partial charge is 0.355 e. The summed E-state index contributed by atoms with van der Waals surface area (Å²) in [6.45, 7) is 0.866. The molecule has 0 radical (unpaired) electrons. The van der Waals surface area contributed by atoms with E-state index in [2.05, 4.69) is 70.4 Å². The maximum Gasteiger partial charge on any atom is 0.0950 e. The summed E-state index contributed by atoms with van der Waals surface area (Å²) in [6, 6.07) is 23.1. The monoisotopic (exact) mass is 287 g/mol. The molecular weight excluding hydrogens is 270 g/mol. The molecule has 1 aromatic heterocycles. The third-order valence-corrected chi connectivity index (χ3v) is 4.06. The maximum atomic E-state index is 4.45. The average molecular weight is 287 g/mol. The molecule has 0 N–H and O–H groups in total. The van der Waals surface area contributed by atoms with Crippen molar-refractivity contribution in [3.05, 3.63) is 72.9 Å². The molecule has 3 aromatic rings. The number of anilines is 3. The fourth-order valence-corrected chi connectivity index (χ4v) is 2.97. The lowest BCUT2D eigenvalue weighted by molar-refractivity contribution is 0.950. The van der Waals surface area contributed by atoms with Gasteiger partial charge in [0.2, 0.25) is 0 Å². The summed E-state index contributed by atoms with van der Waals surface area (Å²) in [4.78, 5) is 9.05. The van der Waals surface area contributed by atoms with E-state index in [1.54, 1.807) is 0 Å². The number of aromatic nitrogens is 1. The fourth-order valence-electron chi connectivity index (χ4n) is 2.97. The molecular formula is C19H17N3. The predicted octanol–water partition coefficient (Wildman–Crippen LogP) is 4.29. The van der Waals surface area contributed by atoms with Crippen molar-refractivity contribution >= 4 is 17.1 Å². The molecule has 0 aliphatic carbocycles. The van der Waals surface area contributed by atoms with Gasteiger partial charge in [0, 0.05) is 24.5 Å². The number of fused-ring (bicyclic) bond motifs is 1. The van der Waals surface area contributed by atoms with Crippen molar-refractivity contribution in [3.63, 3.8) is 0 Å². The summed E-state index contributed by atoms with van der Waals surface area (Å²) >= 11 is 0. The zero-order valence-corrected chi connectivity index (χ0v) is 12.5. The van der Waals surface area contributed by atoms with Crippen LogP contribution >= 0.6 is 0 Å². The van der Waals surface area contributed by atoms with Crippen LogP contribution in [0.1, 0.15) is 0 Å². The second-order valence-electron chi connectivity index (χ2n) is 5.52. The van der Waals surface area contributed by atoms with E-state index in [4.69, 9.17) is 0 Å². The highest BCUT2D eigenvalue weighted by molar-refractivity contribution is 5.83. The molecule has 0 atom stereocenters. The Balaban J connectivity index is 1.76. The van der Waals surface area contributed by atoms with Crippen LogP contribution in [0.4, 0.5) is 17.1 Å². The summed E-state index contributed by atoms with van der Waals surface area (Å²) in [6.07, 6.45) is 1.83. The van der Waals surface area contributed by atoms with Gasteiger partial charge in [-0.3, -0.25) is 4.98 Å². The Morgan fingerprint density at radius 3 is 2.50 bits per heavy atom. The van der Waals surface area contributed by atoms with Crippen molar-refractivity contribution in [2.45, 2.75) is 0 Å². The zero-order chi connectivity index (χ0) is 14.9. The molecule has 1 aliphatic rings. The first-order valence-corrected chi connectivity index (χ1v) is 7.42. The van der Waals surface area contributed by atoms with Crippen LogP contribution in [0, 0.1) is 0 Å². The molecule has 2 aromatic carbocycles. The Labute approximate surface area is 130 Å². The van der Waals surface area contributed by atoms with Crippen molar-refractivity contribution in [1.82, 2.24) is 4.98 Å². The molecule has 0 unspecified atom stereocenters. The number of pyridine rings is 1. The van der Waals surface area contributed by atoms with E-state index in [0.29, 0.717) is 0 Å². The Kier molecular flexibility index (Phi) is 3.04. The number of rotatable bonds is 2. The number of nitrogens with zero attached hydrogens (tertiary/aromatic N) is 3. The van der Waals surface area contributed by atoms with E-state index >= 15 is 0 Å². The number of benzene rings is 2. The molecule has 2 heterocycles. The Morgan fingerprint density at radius 1 is 0.864 bits per heavy atom. The molecule has 4 rings (SSSR count). The van der Waals surface area contributed by atoms with Crippen LogP contribution in [0.3, 0.4) is 0 Å². The summed E-state index contributed by atoms with van der Waals surface area (Å²) in [5.74, 6) is 0. The molecule has 1 aliphatic heterocycles. The van der Waals surface area contributed by atoms with Crippen molar-refractivity contribution in [1.29, 1.82) is 0 Å². The lowest BCUT2D eigenvalue weighted by Crippen LogP contribution is -2.23. The third-order valence-electron chi connectivity index (χ3n) is 4.06. The molecule has 0 saturated carbocycles. The molecule has 0 amide bonds. The molecule has 0 saturated heterocycles. The van der Waals surface area contributed by atoms with E-state index in [1.807, 2.05) is 24.4 Å². The Hall–Kier alpha value is -2.81. The minimum absolute atomic E-state index is 0.866. The van der Waals surface area contributed by atoms with Crippen LogP contribution in [0.25, 0.3) is 11.3 Å². The van der Waals surface area contributed by atoms with Crippen LogP contribution < -0.4 is 9.80 Å². The normalized spacial score (nSPS) is 13.3. The lowest BCUT2D eigenvalue weighted by atomic mass is 10.1. The van der Waals surface area contributed by atoms with Crippen LogP contribution in [-0.2, 0) is 0 Å². The highest BCUT2D eigenvalue weighted by Crippen LogP contribution is 2.40. The van der Waals surface area contributed by atoms with Crippen LogP contribution in [-0.4, -0.2) is 18.7 Å². The zero-order valence-electron chi connectivity index (χ0n) is 12.5. The predicted molar refractivity (Wildman–Crippen MR) is 91.5 cm³/mol. The summed E-state index contributed by atoms with van der Waals surface area (Å²) in [7, 11) is 2.13. The van der Waals surface area contributed by atoms with Gasteiger partial charge < -0.3 is 9.80 Å². The molecule has 3 nitrogen and oxygen atoms in total. The lowest BCUT2D eigenvalue weighted by Gasteiger charge is -2.20. The Morgan fingerprint density at radius 2 is 1.68 bits per heavy atom. The summed E-state index contributed by atoms with van der Waals surface area (Å²) in [5.41, 5.74) is 5.86. The van der Waals surface area contributed by atoms with Gasteiger partial charge in [0.25, 0.3) is 0 Å². The minimum atomic E-state index is 0.866. The van der Waals surface area contributed by atoms with Gasteiger partial charge in [0.15, 0.2) is 0 Å². The van der Waals surface area contributed by atoms with Gasteiger partial charge in [0.05, 0.1) is 23.7 Å². The van der Waals surface area contributed by atoms with E-state index in [0.717, 1.165) is 17.9 Å². The molecule has 0 bridgehead atoms. The Bertz CT molecular complexity index is 799. The van der Waals surface area contributed by atoms with Crippen LogP contribution in [0.5, 0.6) is 0 Å². The second kappa shape index (κ2) is 5.19. The van der Waals surface area contributed by atoms with Crippen molar-refractivity contribution in [3.8, 4) is 11.3 Å². The topological polar surface area (TPSA) is 19.4 Å². The van der Waals surface area contributed by atoms with Gasteiger partial charge in [-0.1, -0.05) is 30.3 Å². The van der Waals surface area contributed by atoms with E-state index in [9.17, 15) is 0 Å². The number of hydrogen-bond donors (Lipinski definition) is 0. The van der Waals surface area contributed by atoms with Gasteiger partial charge in [-0.2, -0.15) is 0 Å². The molecule has 0 spiro atoms. The van der Waals surface area contributed by atoms with E-state index in [-0.39, 0.29) is 0 Å². The van der Waals surface area contributed by atoms with Crippen molar-refractivity contribution in [2.24, 2.45) is 0 Å². The van der Waals surface area contributed by atoms with E-state index < -0.39 is 0 Å². The second-order valence-corrected chi connectivity index (χ2v) is 5.52. The van der Waals surface area contributed by atoms with Crippen molar-refractivity contribution < 1.29 is 0 Å². The van der Waals surface area contributed by atoms with Gasteiger partial charge >= 0.3 is 0 Å². The maximum absolute atomic E-state index is 4.45. The van der Waals surface area contributed by atoms with Gasteiger partial charge in [-0.25, -0.2) is 0 Å². The van der Waals surface area contributed by atoms with E-state index in [1.165, 1.54) is 17.1 Å². The molecule has 108 valence electrons. The van der Waals surface area contributed by atoms with Crippen LogP contribution in [0.15, 0.2) is 72.9 Å². The first-order chi connectivity index (χ1) is 10.8. The molecule has 3 heteroatoms. The highest BCUT2D eigenvalue weighted by Gasteiger charge is 2.23. The van der Waals surface area contributed by atoms with Gasteiger partial charge in [-0.15, -0.1) is 0 Å². The van der Waals surface area contributed by atoms with Crippen molar-refractivity contribution in [2.75, 3.05) is 23.5 Å². The first kappa shape index (κ1) is 12.9. The van der Waals surface area contributed by atoms with Gasteiger partial charge in [0.1, 0.15) is 0 Å². The SMILES string of the molecule is CN1CN(c2cccc(-c3ccccn3)c2)c2ccccc21. The minimum Gasteiger partial charge on any atom is -0.355 e. The standard InChI is InChI=1S/C19H17N3/c1-21-14-22(19-11-3-2-10-18(19)21)16-8-6-7-15(13-16)17-9-4-5-12-20-17/h2-13H,14H2,1H3. The van der Waals surface area contributed by atoms with Crippen LogP contribution in [0.2, 0.25) is 0 Å². The average Bonchev–Trinajstić information content (AvgIpc) is 2.93. The molecule has 0 fully saturated rings. The third kappa shape index (κ3) is 2.11. The highest BCUT2D eigenvalue weighted by atomic mass is 15.4. The van der Waals surface area contributed by atoms with Gasteiger partial charge in [-0.05, 0) is 36.4 Å². The number of hydrogen-bond acceptors (Lipinski definition) is 3. The molecule has 22 heavy (non-hydrogen) atoms. The quantitative estimate of drug-likeness (QED) is 0.700. The summed E-state index contributed by atoms with van der Waals surface area (Å²) < 4.78 is 0. The summed E-state index contributed by atoms with van der Waals surface area (Å²) in [5, 5.41) is 0.